The topological polar surface area (TPSA) is 81.4 Å². The number of hydrogen-bond acceptors (Lipinski definition) is 4. The minimum Gasteiger partial charge on any atom is -0.449 e. The summed E-state index contributed by atoms with van der Waals surface area (Å²) in [6.07, 6.45) is -0.956. The Kier molecular flexibility index (Phi) is 5.63. The van der Waals surface area contributed by atoms with Crippen LogP contribution in [0.25, 0.3) is 0 Å². The van der Waals surface area contributed by atoms with Crippen molar-refractivity contribution in [2.75, 3.05) is 11.1 Å². The lowest BCUT2D eigenvalue weighted by Gasteiger charge is -2.14. The summed E-state index contributed by atoms with van der Waals surface area (Å²) in [4.78, 5) is 24.1. The maximum Gasteiger partial charge on any atom is 0.338 e. The van der Waals surface area contributed by atoms with Crippen LogP contribution in [0, 0.1) is 0 Å². The maximum absolute atomic E-state index is 12.0. The fourth-order valence-corrected chi connectivity index (χ4v) is 2.11. The first-order valence-corrected chi connectivity index (χ1v) is 7.86. The molecule has 1 amide bonds. The van der Waals surface area contributed by atoms with Gasteiger partial charge < -0.3 is 15.8 Å². The Morgan fingerprint density at radius 3 is 2.48 bits per heavy atom. The molecule has 0 saturated carbocycles. The van der Waals surface area contributed by atoms with Gasteiger partial charge in [-0.2, -0.15) is 0 Å². The molecule has 1 atom stereocenters. The molecule has 0 bridgehead atoms. The molecule has 0 saturated heterocycles. The van der Waals surface area contributed by atoms with E-state index in [0.717, 1.165) is 4.47 Å². The Morgan fingerprint density at radius 1 is 1.22 bits per heavy atom. The highest BCUT2D eigenvalue weighted by molar-refractivity contribution is 9.10. The van der Waals surface area contributed by atoms with E-state index in [-0.39, 0.29) is 11.3 Å². The second kappa shape index (κ2) is 7.48. The van der Waals surface area contributed by atoms with Crippen LogP contribution in [0.5, 0.6) is 0 Å². The Bertz CT molecular complexity index is 735. The quantitative estimate of drug-likeness (QED) is 0.606. The Morgan fingerprint density at radius 2 is 1.87 bits per heavy atom. The number of benzene rings is 2. The summed E-state index contributed by atoms with van der Waals surface area (Å²) in [7, 11) is 0. The van der Waals surface area contributed by atoms with Crippen molar-refractivity contribution >= 4 is 50.8 Å². The number of halogens is 2. The van der Waals surface area contributed by atoms with Gasteiger partial charge in [0.05, 0.1) is 16.3 Å². The minimum atomic E-state index is -0.956. The average Bonchev–Trinajstić information content (AvgIpc) is 2.52. The summed E-state index contributed by atoms with van der Waals surface area (Å²) in [5.74, 6) is -1.07. The van der Waals surface area contributed by atoms with Gasteiger partial charge in [-0.1, -0.05) is 27.5 Å². The van der Waals surface area contributed by atoms with E-state index in [1.165, 1.54) is 25.1 Å². The molecule has 5 nitrogen and oxygen atoms in total. The molecule has 2 aromatic rings. The van der Waals surface area contributed by atoms with Crippen molar-refractivity contribution in [3.8, 4) is 0 Å². The number of carbonyl (C=O) groups is 2. The standard InChI is InChI=1S/C16H14BrClN2O3/c1-9(15(21)20-12-5-3-11(17)4-6-12)23-16(22)10-2-7-13(18)14(19)8-10/h2-9H,19H2,1H3,(H,20,21)/t9-/m1/s1. The molecule has 7 heteroatoms. The molecular formula is C16H14BrClN2O3. The van der Waals surface area contributed by atoms with Gasteiger partial charge in [-0.15, -0.1) is 0 Å². The second-order valence-electron chi connectivity index (χ2n) is 4.78. The molecule has 120 valence electrons. The highest BCUT2D eigenvalue weighted by Gasteiger charge is 2.19. The summed E-state index contributed by atoms with van der Waals surface area (Å²) >= 11 is 9.11. The minimum absolute atomic E-state index is 0.232. The highest BCUT2D eigenvalue weighted by atomic mass is 79.9. The fourth-order valence-electron chi connectivity index (χ4n) is 1.73. The zero-order valence-corrected chi connectivity index (χ0v) is 14.5. The molecule has 0 aliphatic rings. The fraction of sp³-hybridized carbons (Fsp3) is 0.125. The molecule has 0 radical (unpaired) electrons. The van der Waals surface area contributed by atoms with Crippen molar-refractivity contribution in [1.29, 1.82) is 0 Å². The van der Waals surface area contributed by atoms with Crippen molar-refractivity contribution in [2.24, 2.45) is 0 Å². The molecule has 0 aliphatic heterocycles. The first-order valence-electron chi connectivity index (χ1n) is 6.69. The van der Waals surface area contributed by atoms with Crippen LogP contribution >= 0.6 is 27.5 Å². The van der Waals surface area contributed by atoms with E-state index in [1.54, 1.807) is 24.3 Å². The lowest BCUT2D eigenvalue weighted by molar-refractivity contribution is -0.123. The van der Waals surface area contributed by atoms with Crippen molar-refractivity contribution in [3.63, 3.8) is 0 Å². The molecule has 2 rings (SSSR count). The van der Waals surface area contributed by atoms with Gasteiger partial charge in [0.15, 0.2) is 6.10 Å². The number of nitrogens with two attached hydrogens (primary N) is 1. The summed E-state index contributed by atoms with van der Waals surface area (Å²) < 4.78 is 6.03. The number of nitrogens with one attached hydrogen (secondary N) is 1. The van der Waals surface area contributed by atoms with Gasteiger partial charge in [-0.05, 0) is 49.4 Å². The molecule has 0 heterocycles. The van der Waals surface area contributed by atoms with Gasteiger partial charge in [0, 0.05) is 10.2 Å². The van der Waals surface area contributed by atoms with E-state index in [2.05, 4.69) is 21.2 Å². The molecule has 0 aliphatic carbocycles. The normalized spacial score (nSPS) is 11.6. The van der Waals surface area contributed by atoms with Crippen molar-refractivity contribution in [2.45, 2.75) is 13.0 Å². The van der Waals surface area contributed by atoms with Crippen LogP contribution in [0.1, 0.15) is 17.3 Å². The zero-order chi connectivity index (χ0) is 17.0. The first-order chi connectivity index (χ1) is 10.9. The molecule has 0 unspecified atom stereocenters. The summed E-state index contributed by atoms with van der Waals surface area (Å²) in [5, 5.41) is 3.01. The number of anilines is 2. The van der Waals surface area contributed by atoms with E-state index < -0.39 is 18.0 Å². The predicted molar refractivity (Wildman–Crippen MR) is 93.5 cm³/mol. The van der Waals surface area contributed by atoms with Crippen LogP contribution < -0.4 is 11.1 Å². The lowest BCUT2D eigenvalue weighted by Crippen LogP contribution is -2.30. The Balaban J connectivity index is 1.98. The molecule has 2 aromatic carbocycles. The van der Waals surface area contributed by atoms with Gasteiger partial charge in [-0.25, -0.2) is 4.79 Å². The highest BCUT2D eigenvalue weighted by Crippen LogP contribution is 2.20. The zero-order valence-electron chi connectivity index (χ0n) is 12.2. The monoisotopic (exact) mass is 396 g/mol. The molecule has 0 fully saturated rings. The first kappa shape index (κ1) is 17.3. The van der Waals surface area contributed by atoms with E-state index in [1.807, 2.05) is 0 Å². The van der Waals surface area contributed by atoms with Gasteiger partial charge in [0.1, 0.15) is 0 Å². The molecule has 0 aromatic heterocycles. The van der Waals surface area contributed by atoms with Crippen LogP contribution in [-0.2, 0) is 9.53 Å². The molecular weight excluding hydrogens is 384 g/mol. The Hall–Kier alpha value is -2.05. The van der Waals surface area contributed by atoms with Crippen LogP contribution in [0.3, 0.4) is 0 Å². The number of hydrogen-bond donors (Lipinski definition) is 2. The van der Waals surface area contributed by atoms with Gasteiger partial charge in [0.25, 0.3) is 5.91 Å². The smallest absolute Gasteiger partial charge is 0.338 e. The Labute approximate surface area is 146 Å². The van der Waals surface area contributed by atoms with E-state index in [0.29, 0.717) is 10.7 Å². The molecule has 0 spiro atoms. The second-order valence-corrected chi connectivity index (χ2v) is 6.10. The predicted octanol–water partition coefficient (Wildman–Crippen LogP) is 3.87. The van der Waals surface area contributed by atoms with Crippen LogP contribution in [0.2, 0.25) is 5.02 Å². The van der Waals surface area contributed by atoms with E-state index in [9.17, 15) is 9.59 Å². The van der Waals surface area contributed by atoms with E-state index in [4.69, 9.17) is 22.1 Å². The van der Waals surface area contributed by atoms with Crippen LogP contribution in [0.15, 0.2) is 46.9 Å². The molecule has 23 heavy (non-hydrogen) atoms. The molecule has 3 N–H and O–H groups in total. The van der Waals surface area contributed by atoms with Gasteiger partial charge in [0.2, 0.25) is 0 Å². The van der Waals surface area contributed by atoms with E-state index >= 15 is 0 Å². The van der Waals surface area contributed by atoms with Gasteiger partial charge >= 0.3 is 5.97 Å². The summed E-state index contributed by atoms with van der Waals surface area (Å²) in [5.41, 5.74) is 6.75. The number of esters is 1. The number of rotatable bonds is 4. The largest absolute Gasteiger partial charge is 0.449 e. The van der Waals surface area contributed by atoms with Crippen LogP contribution in [0.4, 0.5) is 11.4 Å². The number of ether oxygens (including phenoxy) is 1. The maximum atomic E-state index is 12.0. The number of nitrogen functional groups attached to an aromatic ring is 1. The number of amides is 1. The summed E-state index contributed by atoms with van der Waals surface area (Å²) in [6.45, 7) is 1.49. The van der Waals surface area contributed by atoms with Crippen molar-refractivity contribution in [3.05, 3.63) is 57.5 Å². The third-order valence-corrected chi connectivity index (χ3v) is 3.87. The van der Waals surface area contributed by atoms with Crippen LogP contribution in [-0.4, -0.2) is 18.0 Å². The SMILES string of the molecule is C[C@@H](OC(=O)c1ccc(Cl)c(N)c1)C(=O)Nc1ccc(Br)cc1. The van der Waals surface area contributed by atoms with Crippen molar-refractivity contribution in [1.82, 2.24) is 0 Å². The number of carbonyl (C=O) groups excluding carboxylic acids is 2. The van der Waals surface area contributed by atoms with Crippen molar-refractivity contribution < 1.29 is 14.3 Å². The summed E-state index contributed by atoms with van der Waals surface area (Å²) in [6, 6.07) is 11.4. The third kappa shape index (κ3) is 4.71. The van der Waals surface area contributed by atoms with Gasteiger partial charge in [-0.3, -0.25) is 4.79 Å². The third-order valence-electron chi connectivity index (χ3n) is 3.00. The lowest BCUT2D eigenvalue weighted by atomic mass is 10.2. The average molecular weight is 398 g/mol.